The van der Waals surface area contributed by atoms with E-state index in [0.29, 0.717) is 11.3 Å². The molecule has 0 aliphatic rings. The number of nitrogens with one attached hydrogen (secondary N) is 1. The highest BCUT2D eigenvalue weighted by Crippen LogP contribution is 2.28. The van der Waals surface area contributed by atoms with E-state index in [-0.39, 0.29) is 46.6 Å². The fraction of sp³-hybridized carbons (Fsp3) is 0.207. The normalized spacial score (nSPS) is 11.6. The van der Waals surface area contributed by atoms with Gasteiger partial charge in [0.15, 0.2) is 11.4 Å². The maximum Gasteiger partial charge on any atom is 0.268 e. The molecule has 1 N–H and O–H groups in total. The Kier molecular flexibility index (Phi) is 6.59. The lowest BCUT2D eigenvalue weighted by atomic mass is 9.92. The molecule has 0 unspecified atom stereocenters. The fourth-order valence-corrected chi connectivity index (χ4v) is 4.05. The summed E-state index contributed by atoms with van der Waals surface area (Å²) in [6, 6.07) is 17.5. The topological polar surface area (TPSA) is 103 Å². The zero-order chi connectivity index (χ0) is 26.9. The average Bonchev–Trinajstić information content (AvgIpc) is 3.30. The van der Waals surface area contributed by atoms with E-state index in [1.165, 1.54) is 18.3 Å². The standard InChI is InChI=1S/C29H26FN5O3/c1-29(2,3)25-15-20(35(34-25)19-7-5-4-6-8-19)14-21(36)13-18-9-10-22(16-23(18)30)38-24-11-12-31-28-27(24)32-17-26(37)33-28/h4-12,15-17H,13-14H2,1-3H3,(H,31,33,37). The first-order chi connectivity index (χ1) is 18.2. The van der Waals surface area contributed by atoms with Gasteiger partial charge < -0.3 is 9.72 Å². The number of ether oxygens (including phenoxy) is 1. The number of fused-ring (bicyclic) bond motifs is 1. The van der Waals surface area contributed by atoms with E-state index >= 15 is 0 Å². The third-order valence-corrected chi connectivity index (χ3v) is 6.01. The summed E-state index contributed by atoms with van der Waals surface area (Å²) in [5, 5.41) is 4.75. The maximum absolute atomic E-state index is 15.0. The van der Waals surface area contributed by atoms with Crippen molar-refractivity contribution < 1.29 is 13.9 Å². The number of Topliss-reactive ketones (excluding diaryl/α,β-unsaturated/α-hetero) is 1. The van der Waals surface area contributed by atoms with Crippen molar-refractivity contribution in [2.75, 3.05) is 0 Å². The molecule has 5 rings (SSSR count). The van der Waals surface area contributed by atoms with Crippen LogP contribution in [0.2, 0.25) is 0 Å². The van der Waals surface area contributed by atoms with E-state index < -0.39 is 5.82 Å². The van der Waals surface area contributed by atoms with E-state index in [2.05, 4.69) is 35.7 Å². The number of hydrogen-bond donors (Lipinski definition) is 1. The van der Waals surface area contributed by atoms with Crippen LogP contribution in [0, 0.1) is 5.82 Å². The number of hydrogen-bond acceptors (Lipinski definition) is 6. The van der Waals surface area contributed by atoms with Gasteiger partial charge in [-0.3, -0.25) is 9.59 Å². The number of benzene rings is 2. The van der Waals surface area contributed by atoms with Crippen LogP contribution in [0.15, 0.2) is 77.9 Å². The molecule has 192 valence electrons. The summed E-state index contributed by atoms with van der Waals surface area (Å²) >= 11 is 0. The van der Waals surface area contributed by atoms with Crippen LogP contribution in [0.5, 0.6) is 11.5 Å². The third-order valence-electron chi connectivity index (χ3n) is 6.01. The van der Waals surface area contributed by atoms with Gasteiger partial charge >= 0.3 is 0 Å². The molecule has 0 spiro atoms. The second kappa shape index (κ2) is 10.0. The molecule has 9 heteroatoms. The first-order valence-electron chi connectivity index (χ1n) is 12.1. The molecule has 0 amide bonds. The van der Waals surface area contributed by atoms with Gasteiger partial charge in [-0.1, -0.05) is 45.0 Å². The lowest BCUT2D eigenvalue weighted by molar-refractivity contribution is -0.117. The van der Waals surface area contributed by atoms with Crippen molar-refractivity contribution in [1.29, 1.82) is 0 Å². The maximum atomic E-state index is 15.0. The Bertz CT molecular complexity index is 1690. The molecule has 3 aromatic heterocycles. The van der Waals surface area contributed by atoms with Gasteiger partial charge in [0.05, 0.1) is 23.3 Å². The van der Waals surface area contributed by atoms with Crippen LogP contribution in [0.1, 0.15) is 37.7 Å². The van der Waals surface area contributed by atoms with Crippen LogP contribution in [0.25, 0.3) is 16.9 Å². The number of halogens is 1. The van der Waals surface area contributed by atoms with Gasteiger partial charge in [0.2, 0.25) is 0 Å². The van der Waals surface area contributed by atoms with Gasteiger partial charge in [-0.15, -0.1) is 0 Å². The molecule has 0 radical (unpaired) electrons. The summed E-state index contributed by atoms with van der Waals surface area (Å²) in [6.07, 6.45) is 2.63. The minimum Gasteiger partial charge on any atom is -0.455 e. The third kappa shape index (κ3) is 5.36. The van der Waals surface area contributed by atoms with Gasteiger partial charge in [-0.2, -0.15) is 5.10 Å². The number of ketones is 1. The van der Waals surface area contributed by atoms with Crippen molar-refractivity contribution in [3.8, 4) is 17.2 Å². The van der Waals surface area contributed by atoms with Gasteiger partial charge in [-0.05, 0) is 29.8 Å². The van der Waals surface area contributed by atoms with Gasteiger partial charge in [0.1, 0.15) is 22.9 Å². The molecule has 3 heterocycles. The predicted octanol–water partition coefficient (Wildman–Crippen LogP) is 5.09. The molecule has 0 saturated heterocycles. The second-order valence-corrected chi connectivity index (χ2v) is 10.0. The molecule has 0 saturated carbocycles. The summed E-state index contributed by atoms with van der Waals surface area (Å²) < 4.78 is 22.6. The van der Waals surface area contributed by atoms with Crippen LogP contribution in [-0.2, 0) is 23.1 Å². The van der Waals surface area contributed by atoms with Crippen molar-refractivity contribution in [2.45, 2.75) is 39.0 Å². The highest BCUT2D eigenvalue weighted by Gasteiger charge is 2.22. The molecule has 5 aromatic rings. The summed E-state index contributed by atoms with van der Waals surface area (Å²) in [5.74, 6) is -0.139. The molecule has 8 nitrogen and oxygen atoms in total. The smallest absolute Gasteiger partial charge is 0.268 e. The number of aromatic nitrogens is 5. The minimum absolute atomic E-state index is 0.0715. The monoisotopic (exact) mass is 511 g/mol. The molecule has 0 aliphatic heterocycles. The SMILES string of the molecule is CC(C)(C)c1cc(CC(=O)Cc2ccc(Oc3ccnc4[nH]c(=O)cnc34)cc2F)n(-c2ccccc2)n1. The molecule has 0 aliphatic carbocycles. The van der Waals surface area contributed by atoms with Gasteiger partial charge in [0, 0.05) is 36.6 Å². The van der Waals surface area contributed by atoms with Crippen LogP contribution >= 0.6 is 0 Å². The van der Waals surface area contributed by atoms with E-state index in [1.54, 1.807) is 16.8 Å². The van der Waals surface area contributed by atoms with Gasteiger partial charge in [0.25, 0.3) is 5.56 Å². The molecule has 0 fully saturated rings. The van der Waals surface area contributed by atoms with E-state index in [9.17, 15) is 14.0 Å². The number of aromatic amines is 1. The quantitative estimate of drug-likeness (QED) is 0.327. The second-order valence-electron chi connectivity index (χ2n) is 10.0. The first kappa shape index (κ1) is 25.0. The molecular weight excluding hydrogens is 485 g/mol. The Labute approximate surface area is 218 Å². The van der Waals surface area contributed by atoms with E-state index in [0.717, 1.165) is 23.3 Å². The first-order valence-corrected chi connectivity index (χ1v) is 12.1. The lowest BCUT2D eigenvalue weighted by Gasteiger charge is -2.14. The van der Waals surface area contributed by atoms with Crippen LogP contribution in [0.3, 0.4) is 0 Å². The van der Waals surface area contributed by atoms with Crippen molar-refractivity contribution >= 4 is 16.9 Å². The molecule has 38 heavy (non-hydrogen) atoms. The highest BCUT2D eigenvalue weighted by atomic mass is 19.1. The van der Waals surface area contributed by atoms with Crippen LogP contribution in [-0.4, -0.2) is 30.5 Å². The Morgan fingerprint density at radius 2 is 1.82 bits per heavy atom. The Morgan fingerprint density at radius 3 is 2.55 bits per heavy atom. The summed E-state index contributed by atoms with van der Waals surface area (Å²) in [5.41, 5.74) is 2.79. The predicted molar refractivity (Wildman–Crippen MR) is 141 cm³/mol. The zero-order valence-corrected chi connectivity index (χ0v) is 21.2. The van der Waals surface area contributed by atoms with Crippen molar-refractivity contribution in [3.05, 3.63) is 106 Å². The van der Waals surface area contributed by atoms with E-state index in [1.807, 2.05) is 36.4 Å². The van der Waals surface area contributed by atoms with Crippen LogP contribution in [0.4, 0.5) is 4.39 Å². The Morgan fingerprint density at radius 1 is 1.03 bits per heavy atom. The van der Waals surface area contributed by atoms with Crippen molar-refractivity contribution in [2.24, 2.45) is 0 Å². The number of carbonyl (C=O) groups excluding carboxylic acids is 1. The molecule has 2 aromatic carbocycles. The number of carbonyl (C=O) groups is 1. The lowest BCUT2D eigenvalue weighted by Crippen LogP contribution is -2.13. The molecule has 0 bridgehead atoms. The number of pyridine rings is 1. The zero-order valence-electron chi connectivity index (χ0n) is 21.2. The summed E-state index contributed by atoms with van der Waals surface area (Å²) in [6.45, 7) is 6.21. The minimum atomic E-state index is -0.553. The van der Waals surface area contributed by atoms with E-state index in [4.69, 9.17) is 9.84 Å². The van der Waals surface area contributed by atoms with Gasteiger partial charge in [-0.25, -0.2) is 19.0 Å². The van der Waals surface area contributed by atoms with Crippen molar-refractivity contribution in [3.63, 3.8) is 0 Å². The Balaban J connectivity index is 1.34. The molecular formula is C29H26FN5O3. The van der Waals surface area contributed by atoms with Crippen LogP contribution < -0.4 is 10.3 Å². The number of H-pyrrole nitrogens is 1. The van der Waals surface area contributed by atoms with Crippen molar-refractivity contribution in [1.82, 2.24) is 24.7 Å². The largest absolute Gasteiger partial charge is 0.455 e. The molecule has 0 atom stereocenters. The number of para-hydroxylation sites is 1. The summed E-state index contributed by atoms with van der Waals surface area (Å²) in [7, 11) is 0. The fourth-order valence-electron chi connectivity index (χ4n) is 4.05. The average molecular weight is 512 g/mol. The summed E-state index contributed by atoms with van der Waals surface area (Å²) in [4.78, 5) is 35.2. The Hall–Kier alpha value is -4.66. The number of rotatable bonds is 7. The highest BCUT2D eigenvalue weighted by molar-refractivity contribution is 5.83. The number of nitrogens with zero attached hydrogens (tertiary/aromatic N) is 4.